The molecule has 0 spiro atoms. The molecule has 0 saturated heterocycles. The summed E-state index contributed by atoms with van der Waals surface area (Å²) < 4.78 is 18.4. The second kappa shape index (κ2) is 4.33. The Kier molecular flexibility index (Phi) is 2.77. The van der Waals surface area contributed by atoms with Gasteiger partial charge < -0.3 is 9.84 Å². The van der Waals surface area contributed by atoms with E-state index in [1.54, 1.807) is 6.21 Å². The fourth-order valence-corrected chi connectivity index (χ4v) is 2.87. The summed E-state index contributed by atoms with van der Waals surface area (Å²) in [6.45, 7) is 0. The normalized spacial score (nSPS) is 28.7. The lowest BCUT2D eigenvalue weighted by atomic mass is 9.89. The highest BCUT2D eigenvalue weighted by atomic mass is 19.1. The van der Waals surface area contributed by atoms with Crippen LogP contribution in [0.25, 0.3) is 0 Å². The average Bonchev–Trinajstić information content (AvgIpc) is 2.71. The summed E-state index contributed by atoms with van der Waals surface area (Å²) in [6, 6.07) is 2.90. The van der Waals surface area contributed by atoms with Gasteiger partial charge in [0.15, 0.2) is 17.3 Å². The lowest BCUT2D eigenvalue weighted by Gasteiger charge is -2.12. The van der Waals surface area contributed by atoms with Crippen LogP contribution in [0.2, 0.25) is 0 Å². The second-order valence-electron chi connectivity index (χ2n) is 5.02. The van der Waals surface area contributed by atoms with Crippen molar-refractivity contribution in [1.82, 2.24) is 0 Å². The van der Waals surface area contributed by atoms with E-state index < -0.39 is 6.17 Å². The van der Waals surface area contributed by atoms with Gasteiger partial charge in [0, 0.05) is 29.7 Å². The molecule has 1 fully saturated rings. The van der Waals surface area contributed by atoms with Crippen molar-refractivity contribution in [1.29, 1.82) is 0 Å². The van der Waals surface area contributed by atoms with Crippen LogP contribution in [0.15, 0.2) is 17.1 Å². The molecule has 1 unspecified atom stereocenters. The van der Waals surface area contributed by atoms with E-state index in [0.717, 1.165) is 0 Å². The van der Waals surface area contributed by atoms with E-state index in [1.807, 2.05) is 0 Å². The molecule has 2 aliphatic rings. The Bertz CT molecular complexity index is 570. The lowest BCUT2D eigenvalue weighted by molar-refractivity contribution is 0.0908. The first-order valence-electron chi connectivity index (χ1n) is 6.23. The number of carbonyl (C=O) groups is 1. The van der Waals surface area contributed by atoms with Gasteiger partial charge in [0.2, 0.25) is 0 Å². The highest BCUT2D eigenvalue weighted by Gasteiger charge is 2.40. The van der Waals surface area contributed by atoms with E-state index in [0.29, 0.717) is 17.7 Å². The Labute approximate surface area is 109 Å². The summed E-state index contributed by atoms with van der Waals surface area (Å²) in [5.41, 5.74) is 0.820. The van der Waals surface area contributed by atoms with Gasteiger partial charge >= 0.3 is 0 Å². The topological polar surface area (TPSA) is 58.9 Å². The molecule has 0 bridgehead atoms. The molecular weight excluding hydrogens is 249 g/mol. The number of aromatic hydroxyl groups is 1. The summed E-state index contributed by atoms with van der Waals surface area (Å²) in [7, 11) is 1.42. The minimum Gasteiger partial charge on any atom is -0.504 e. The SMILES string of the molecule is COc1cc2c(cc1O)N=C[C@@H]1C[C@H](F)CC1C2=O. The number of Topliss-reactive ketones (excluding diaryl/α,β-unsaturated/α-hetero) is 1. The molecule has 1 aliphatic heterocycles. The molecule has 0 amide bonds. The third kappa shape index (κ3) is 1.89. The predicted molar refractivity (Wildman–Crippen MR) is 68.3 cm³/mol. The van der Waals surface area contributed by atoms with Gasteiger partial charge in [-0.15, -0.1) is 0 Å². The number of halogens is 1. The van der Waals surface area contributed by atoms with Crippen molar-refractivity contribution in [3.05, 3.63) is 17.7 Å². The number of alkyl halides is 1. The molecule has 1 aromatic carbocycles. The van der Waals surface area contributed by atoms with Crippen molar-refractivity contribution in [2.24, 2.45) is 16.8 Å². The molecular formula is C14H14FNO3. The van der Waals surface area contributed by atoms with Crippen molar-refractivity contribution in [2.75, 3.05) is 7.11 Å². The van der Waals surface area contributed by atoms with Crippen LogP contribution in [0.1, 0.15) is 23.2 Å². The Balaban J connectivity index is 2.09. The number of carbonyl (C=O) groups excluding carboxylic acids is 1. The molecule has 0 radical (unpaired) electrons. The smallest absolute Gasteiger partial charge is 0.169 e. The standard InChI is InChI=1S/C14H14FNO3/c1-19-13-4-10-11(5-12(13)17)16-6-7-2-8(15)3-9(7)14(10)18/h4-9,17H,2-3H2,1H3/t7-,8-,9?/m0/s1. The van der Waals surface area contributed by atoms with Crippen molar-refractivity contribution in [3.63, 3.8) is 0 Å². The Morgan fingerprint density at radius 2 is 2.21 bits per heavy atom. The van der Waals surface area contributed by atoms with Crippen LogP contribution in [0, 0.1) is 11.8 Å². The van der Waals surface area contributed by atoms with Gasteiger partial charge in [0.1, 0.15) is 6.17 Å². The zero-order valence-corrected chi connectivity index (χ0v) is 10.5. The zero-order valence-electron chi connectivity index (χ0n) is 10.5. The van der Waals surface area contributed by atoms with Crippen LogP contribution in [-0.2, 0) is 0 Å². The lowest BCUT2D eigenvalue weighted by Crippen LogP contribution is -2.18. The van der Waals surface area contributed by atoms with E-state index in [4.69, 9.17) is 4.74 Å². The molecule has 1 heterocycles. The molecule has 100 valence electrons. The summed E-state index contributed by atoms with van der Waals surface area (Å²) in [5.74, 6) is -0.439. The number of benzene rings is 1. The maximum Gasteiger partial charge on any atom is 0.169 e. The highest BCUT2D eigenvalue weighted by molar-refractivity contribution is 6.06. The van der Waals surface area contributed by atoms with E-state index in [2.05, 4.69) is 4.99 Å². The first-order chi connectivity index (χ1) is 9.10. The Hall–Kier alpha value is -1.91. The molecule has 19 heavy (non-hydrogen) atoms. The zero-order chi connectivity index (χ0) is 13.6. The van der Waals surface area contributed by atoms with Gasteiger partial charge in [0.25, 0.3) is 0 Å². The van der Waals surface area contributed by atoms with Crippen molar-refractivity contribution in [3.8, 4) is 11.5 Å². The van der Waals surface area contributed by atoms with Crippen molar-refractivity contribution >= 4 is 17.7 Å². The predicted octanol–water partition coefficient (Wildman–Crippen LogP) is 2.66. The Morgan fingerprint density at radius 1 is 1.42 bits per heavy atom. The molecule has 1 N–H and O–H groups in total. The minimum atomic E-state index is -0.939. The van der Waals surface area contributed by atoms with Crippen LogP contribution < -0.4 is 4.74 Å². The number of fused-ring (bicyclic) bond motifs is 2. The van der Waals surface area contributed by atoms with E-state index in [1.165, 1.54) is 19.2 Å². The molecule has 4 nitrogen and oxygen atoms in total. The van der Waals surface area contributed by atoms with Gasteiger partial charge in [-0.25, -0.2) is 4.39 Å². The maximum atomic E-state index is 13.4. The van der Waals surface area contributed by atoms with Crippen LogP contribution in [0.4, 0.5) is 10.1 Å². The maximum absolute atomic E-state index is 13.4. The first kappa shape index (κ1) is 12.1. The third-order valence-corrected chi connectivity index (χ3v) is 3.86. The van der Waals surface area contributed by atoms with Gasteiger partial charge in [-0.05, 0) is 18.9 Å². The average molecular weight is 263 g/mol. The second-order valence-corrected chi connectivity index (χ2v) is 5.02. The quantitative estimate of drug-likeness (QED) is 0.847. The van der Waals surface area contributed by atoms with Gasteiger partial charge in [-0.1, -0.05) is 0 Å². The number of nitrogens with zero attached hydrogens (tertiary/aromatic N) is 1. The fourth-order valence-electron chi connectivity index (χ4n) is 2.87. The number of hydrogen-bond donors (Lipinski definition) is 1. The molecule has 1 aliphatic carbocycles. The number of ether oxygens (including phenoxy) is 1. The first-order valence-corrected chi connectivity index (χ1v) is 6.23. The van der Waals surface area contributed by atoms with Crippen molar-refractivity contribution in [2.45, 2.75) is 19.0 Å². The molecule has 3 rings (SSSR count). The highest BCUT2D eigenvalue weighted by Crippen LogP contribution is 2.42. The van der Waals surface area contributed by atoms with Crippen LogP contribution >= 0.6 is 0 Å². The summed E-state index contributed by atoms with van der Waals surface area (Å²) in [5, 5.41) is 9.72. The molecule has 1 aromatic rings. The van der Waals surface area contributed by atoms with Crippen LogP contribution in [0.5, 0.6) is 11.5 Å². The number of ketones is 1. The molecule has 1 saturated carbocycles. The van der Waals surface area contributed by atoms with E-state index in [-0.39, 0.29) is 35.5 Å². The van der Waals surface area contributed by atoms with Crippen molar-refractivity contribution < 1.29 is 19.0 Å². The van der Waals surface area contributed by atoms with Crippen LogP contribution in [0.3, 0.4) is 0 Å². The third-order valence-electron chi connectivity index (χ3n) is 3.86. The number of methoxy groups -OCH3 is 1. The van der Waals surface area contributed by atoms with Gasteiger partial charge in [0.05, 0.1) is 12.8 Å². The summed E-state index contributed by atoms with van der Waals surface area (Å²) >= 11 is 0. The van der Waals surface area contributed by atoms with Crippen LogP contribution in [-0.4, -0.2) is 30.4 Å². The number of hydrogen-bond acceptors (Lipinski definition) is 4. The Morgan fingerprint density at radius 3 is 2.95 bits per heavy atom. The van der Waals surface area contributed by atoms with Gasteiger partial charge in [-0.3, -0.25) is 9.79 Å². The number of aliphatic imine (C=N–C) groups is 1. The van der Waals surface area contributed by atoms with E-state index in [9.17, 15) is 14.3 Å². The molecule has 3 atom stereocenters. The number of phenolic OH excluding ortho intramolecular Hbond substituents is 1. The number of rotatable bonds is 1. The fraction of sp³-hybridized carbons (Fsp3) is 0.429. The molecule has 0 aromatic heterocycles. The minimum absolute atomic E-state index is 0.0540. The van der Waals surface area contributed by atoms with E-state index >= 15 is 0 Å². The van der Waals surface area contributed by atoms with Gasteiger partial charge in [-0.2, -0.15) is 0 Å². The summed E-state index contributed by atoms with van der Waals surface area (Å²) in [4.78, 5) is 16.7. The number of phenols is 1. The monoisotopic (exact) mass is 263 g/mol. The molecule has 5 heteroatoms. The largest absolute Gasteiger partial charge is 0.504 e. The summed E-state index contributed by atoms with van der Waals surface area (Å²) in [6.07, 6.45) is 1.29.